The zero-order chi connectivity index (χ0) is 17.5. The van der Waals surface area contributed by atoms with Gasteiger partial charge < -0.3 is 14.2 Å². The maximum Gasteiger partial charge on any atom is 0.253 e. The van der Waals surface area contributed by atoms with Crippen LogP contribution in [0.25, 0.3) is 5.69 Å². The Balaban J connectivity index is 1.35. The van der Waals surface area contributed by atoms with Crippen LogP contribution in [0.2, 0.25) is 0 Å². The van der Waals surface area contributed by atoms with Gasteiger partial charge in [-0.15, -0.1) is 5.10 Å². The maximum absolute atomic E-state index is 12.9. The molecule has 1 aromatic carbocycles. The second-order valence-electron chi connectivity index (χ2n) is 6.64. The lowest BCUT2D eigenvalue weighted by atomic mass is 9.99. The first-order valence-corrected chi connectivity index (χ1v) is 8.68. The molecule has 2 atom stereocenters. The van der Waals surface area contributed by atoms with E-state index in [4.69, 9.17) is 4.74 Å². The largest absolute Gasteiger partial charge is 0.370 e. The first kappa shape index (κ1) is 15.3. The molecule has 0 spiro atoms. The molecule has 8 nitrogen and oxygen atoms in total. The first-order chi connectivity index (χ1) is 12.8. The van der Waals surface area contributed by atoms with E-state index in [0.717, 1.165) is 17.8 Å². The number of likely N-dealkylation sites (tertiary alicyclic amines) is 1. The second-order valence-corrected chi connectivity index (χ2v) is 6.64. The number of hydrogen-bond donors (Lipinski definition) is 0. The predicted octanol–water partition coefficient (Wildman–Crippen LogP) is 1.45. The Bertz CT molecular complexity index is 918. The average molecular weight is 350 g/mol. The van der Waals surface area contributed by atoms with Crippen LogP contribution in [-0.2, 0) is 11.3 Å². The van der Waals surface area contributed by atoms with Gasteiger partial charge in [-0.2, -0.15) is 0 Å². The van der Waals surface area contributed by atoms with E-state index in [1.165, 1.54) is 0 Å². The topological polar surface area (TPSA) is 78.1 Å². The molecule has 26 heavy (non-hydrogen) atoms. The Morgan fingerprint density at radius 2 is 2.12 bits per heavy atom. The lowest BCUT2D eigenvalue weighted by Crippen LogP contribution is -2.49. The summed E-state index contributed by atoms with van der Waals surface area (Å²) in [6.45, 7) is 1.81. The Morgan fingerprint density at radius 1 is 1.23 bits per heavy atom. The van der Waals surface area contributed by atoms with Crippen molar-refractivity contribution in [2.24, 2.45) is 0 Å². The molecule has 1 fully saturated rings. The van der Waals surface area contributed by atoms with Crippen molar-refractivity contribution in [3.63, 3.8) is 0 Å². The molecule has 0 aliphatic carbocycles. The van der Waals surface area contributed by atoms with Crippen molar-refractivity contribution in [1.29, 1.82) is 0 Å². The zero-order valence-electron chi connectivity index (χ0n) is 14.1. The summed E-state index contributed by atoms with van der Waals surface area (Å²) in [6.07, 6.45) is 7.97. The number of imidazole rings is 1. The number of carbonyl (C=O) groups excluding carboxylic acids is 1. The summed E-state index contributed by atoms with van der Waals surface area (Å²) in [5.74, 6) is 0.0351. The fourth-order valence-corrected chi connectivity index (χ4v) is 3.73. The van der Waals surface area contributed by atoms with Gasteiger partial charge in [-0.05, 0) is 30.7 Å². The standard InChI is InChI=1S/C18H18N6O2/c25-18(13-1-3-14(4-2-13)23-8-6-19-12-23)22-7-5-17-16(10-22)24-15(11-26-17)9-20-21-24/h1-4,6,8-9,12,16-17H,5,7,10-11H2/t16-,17-/m1/s1. The Hall–Kier alpha value is -3.00. The van der Waals surface area contributed by atoms with Gasteiger partial charge >= 0.3 is 0 Å². The molecule has 3 aromatic rings. The smallest absolute Gasteiger partial charge is 0.253 e. The highest BCUT2D eigenvalue weighted by Gasteiger charge is 2.38. The molecule has 0 bridgehead atoms. The van der Waals surface area contributed by atoms with Gasteiger partial charge in [0, 0.05) is 36.7 Å². The fraction of sp³-hybridized carbons (Fsp3) is 0.333. The SMILES string of the molecule is O=C(c1ccc(-n2ccnc2)cc1)N1CC[C@H]2OCc3cnnn3[C@@H]2C1. The maximum atomic E-state index is 12.9. The molecule has 2 aliphatic heterocycles. The molecule has 0 saturated carbocycles. The number of aromatic nitrogens is 5. The third kappa shape index (κ3) is 2.50. The van der Waals surface area contributed by atoms with Crippen LogP contribution < -0.4 is 0 Å². The van der Waals surface area contributed by atoms with Gasteiger partial charge in [-0.25, -0.2) is 9.67 Å². The van der Waals surface area contributed by atoms with Crippen LogP contribution in [0.1, 0.15) is 28.5 Å². The molecule has 2 aromatic heterocycles. The van der Waals surface area contributed by atoms with Crippen molar-refractivity contribution in [3.05, 3.63) is 60.4 Å². The number of ether oxygens (including phenoxy) is 1. The van der Waals surface area contributed by atoms with Gasteiger partial charge in [0.05, 0.1) is 37.0 Å². The normalized spacial score (nSPS) is 21.9. The van der Waals surface area contributed by atoms with E-state index in [2.05, 4.69) is 15.3 Å². The molecule has 4 heterocycles. The lowest BCUT2D eigenvalue weighted by Gasteiger charge is -2.41. The van der Waals surface area contributed by atoms with Crippen LogP contribution >= 0.6 is 0 Å². The van der Waals surface area contributed by atoms with Crippen molar-refractivity contribution >= 4 is 5.91 Å². The summed E-state index contributed by atoms with van der Waals surface area (Å²) >= 11 is 0. The van der Waals surface area contributed by atoms with Crippen molar-refractivity contribution in [3.8, 4) is 5.69 Å². The van der Waals surface area contributed by atoms with Crippen LogP contribution in [0.15, 0.2) is 49.2 Å². The third-order valence-electron chi connectivity index (χ3n) is 5.13. The van der Waals surface area contributed by atoms with E-state index in [1.54, 1.807) is 18.7 Å². The van der Waals surface area contributed by atoms with Gasteiger partial charge in [0.25, 0.3) is 5.91 Å². The summed E-state index contributed by atoms with van der Waals surface area (Å²) in [7, 11) is 0. The molecule has 0 radical (unpaired) electrons. The molecule has 132 valence electrons. The van der Waals surface area contributed by atoms with Crippen LogP contribution in [0.3, 0.4) is 0 Å². The number of piperidine rings is 1. The highest BCUT2D eigenvalue weighted by Crippen LogP contribution is 2.30. The van der Waals surface area contributed by atoms with Gasteiger partial charge in [0.1, 0.15) is 0 Å². The highest BCUT2D eigenvalue weighted by atomic mass is 16.5. The van der Waals surface area contributed by atoms with Crippen molar-refractivity contribution in [2.45, 2.75) is 25.2 Å². The second kappa shape index (κ2) is 6.06. The molecular weight excluding hydrogens is 332 g/mol. The number of hydrogen-bond acceptors (Lipinski definition) is 5. The summed E-state index contributed by atoms with van der Waals surface area (Å²) in [5.41, 5.74) is 2.62. The van der Waals surface area contributed by atoms with E-state index in [0.29, 0.717) is 25.3 Å². The molecule has 0 unspecified atom stereocenters. The number of carbonyl (C=O) groups is 1. The van der Waals surface area contributed by atoms with E-state index in [1.807, 2.05) is 44.6 Å². The Kier molecular flexibility index (Phi) is 3.56. The molecule has 5 rings (SSSR count). The number of fused-ring (bicyclic) bond motifs is 3. The Labute approximate surface area is 150 Å². The number of benzene rings is 1. The van der Waals surface area contributed by atoms with Crippen LogP contribution in [0.4, 0.5) is 0 Å². The van der Waals surface area contributed by atoms with Crippen molar-refractivity contribution in [1.82, 2.24) is 29.4 Å². The van der Waals surface area contributed by atoms with Crippen LogP contribution in [0.5, 0.6) is 0 Å². The van der Waals surface area contributed by atoms with Gasteiger partial charge in [-0.3, -0.25) is 4.79 Å². The third-order valence-corrected chi connectivity index (χ3v) is 5.13. The molecule has 0 N–H and O–H groups in total. The van der Waals surface area contributed by atoms with Gasteiger partial charge in [-0.1, -0.05) is 5.21 Å². The quantitative estimate of drug-likeness (QED) is 0.699. The van der Waals surface area contributed by atoms with E-state index in [9.17, 15) is 4.79 Å². The van der Waals surface area contributed by atoms with Crippen LogP contribution in [-0.4, -0.2) is 54.5 Å². The predicted molar refractivity (Wildman–Crippen MR) is 91.7 cm³/mol. The van der Waals surface area contributed by atoms with Gasteiger partial charge in [0.15, 0.2) is 0 Å². The van der Waals surface area contributed by atoms with Crippen molar-refractivity contribution in [2.75, 3.05) is 13.1 Å². The minimum absolute atomic E-state index is 0.0316. The summed E-state index contributed by atoms with van der Waals surface area (Å²) in [6, 6.07) is 7.62. The molecule has 8 heteroatoms. The summed E-state index contributed by atoms with van der Waals surface area (Å²) in [4.78, 5) is 18.9. The molecular formula is C18H18N6O2. The minimum Gasteiger partial charge on any atom is -0.370 e. The number of nitrogens with zero attached hydrogens (tertiary/aromatic N) is 6. The minimum atomic E-state index is 0.0316. The summed E-state index contributed by atoms with van der Waals surface area (Å²) < 4.78 is 9.73. The van der Waals surface area contributed by atoms with Gasteiger partial charge in [0.2, 0.25) is 0 Å². The molecule has 1 amide bonds. The van der Waals surface area contributed by atoms with E-state index in [-0.39, 0.29) is 18.1 Å². The van der Waals surface area contributed by atoms with E-state index < -0.39 is 0 Å². The zero-order valence-corrected chi connectivity index (χ0v) is 14.1. The van der Waals surface area contributed by atoms with E-state index >= 15 is 0 Å². The Morgan fingerprint density at radius 3 is 2.92 bits per heavy atom. The lowest BCUT2D eigenvalue weighted by molar-refractivity contribution is -0.0605. The fourth-order valence-electron chi connectivity index (χ4n) is 3.73. The highest BCUT2D eigenvalue weighted by molar-refractivity contribution is 5.94. The van der Waals surface area contributed by atoms with Crippen molar-refractivity contribution < 1.29 is 9.53 Å². The molecule has 1 saturated heterocycles. The average Bonchev–Trinajstić information content (AvgIpc) is 3.39. The number of amides is 1. The summed E-state index contributed by atoms with van der Waals surface area (Å²) in [5, 5.41) is 8.17. The number of rotatable bonds is 2. The molecule has 2 aliphatic rings. The monoisotopic (exact) mass is 350 g/mol. The first-order valence-electron chi connectivity index (χ1n) is 8.68. The van der Waals surface area contributed by atoms with Crippen LogP contribution in [0, 0.1) is 0 Å².